The molecule has 19 nitrogen and oxygen atoms in total. The zero-order chi connectivity index (χ0) is 53.7. The highest BCUT2D eigenvalue weighted by Crippen LogP contribution is 2.60. The van der Waals surface area contributed by atoms with E-state index in [1.54, 1.807) is 12.2 Å². The lowest BCUT2D eigenvalue weighted by Gasteiger charge is -2.21. The molecule has 1 aliphatic heterocycles. The molecule has 21 heteroatoms. The molecule has 2 unspecified atom stereocenters. The van der Waals surface area contributed by atoms with Crippen molar-refractivity contribution >= 4 is 39.2 Å². The van der Waals surface area contributed by atoms with Crippen LogP contribution >= 0.6 is 15.6 Å². The Morgan fingerprint density at radius 2 is 1.33 bits per heavy atom. The Kier molecular flexibility index (Phi) is 34.9. The summed E-state index contributed by atoms with van der Waals surface area (Å²) < 4.78 is 56.6. The third-order valence-electron chi connectivity index (χ3n) is 11.8. The Morgan fingerprint density at radius 1 is 0.740 bits per heavy atom. The van der Waals surface area contributed by atoms with Gasteiger partial charge in [0, 0.05) is 25.5 Å². The van der Waals surface area contributed by atoms with Crippen molar-refractivity contribution in [1.82, 2.24) is 9.55 Å². The van der Waals surface area contributed by atoms with Crippen LogP contribution in [-0.4, -0.2) is 91.5 Å². The van der Waals surface area contributed by atoms with Gasteiger partial charge in [0.15, 0.2) is 18.1 Å². The molecule has 1 fully saturated rings. The van der Waals surface area contributed by atoms with Crippen LogP contribution in [0, 0.1) is 5.92 Å². The van der Waals surface area contributed by atoms with E-state index in [4.69, 9.17) is 29.0 Å². The van der Waals surface area contributed by atoms with Crippen LogP contribution in [0.5, 0.6) is 0 Å². The minimum atomic E-state index is -5.48. The second kappa shape index (κ2) is 38.9. The predicted molar refractivity (Wildman–Crippen MR) is 280 cm³/mol. The van der Waals surface area contributed by atoms with Crippen molar-refractivity contribution < 1.29 is 71.1 Å². The maximum Gasteiger partial charge on any atom is 0.481 e. The van der Waals surface area contributed by atoms with Gasteiger partial charge in [0.05, 0.1) is 13.2 Å². The maximum absolute atomic E-state index is 12.9. The molecular formula is C52H87N3O16P2. The normalized spacial score (nSPS) is 19.3. The molecule has 1 aliphatic rings. The molecule has 1 aromatic heterocycles. The summed E-state index contributed by atoms with van der Waals surface area (Å²) in [7, 11) is -11.0. The number of unbranched alkanes of at least 4 members (excludes halogenated alkanes) is 16. The van der Waals surface area contributed by atoms with Crippen molar-refractivity contribution in [3.63, 3.8) is 0 Å². The van der Waals surface area contributed by atoms with E-state index in [0.29, 0.717) is 12.8 Å². The van der Waals surface area contributed by atoms with Crippen LogP contribution in [0.2, 0.25) is 0 Å². The minimum absolute atomic E-state index is 0.0179. The Hall–Kier alpha value is -3.61. The van der Waals surface area contributed by atoms with E-state index in [2.05, 4.69) is 48.3 Å². The number of nitrogen functional groups attached to an aromatic ring is 1. The van der Waals surface area contributed by atoms with Gasteiger partial charge in [0.25, 0.3) is 0 Å². The zero-order valence-corrected chi connectivity index (χ0v) is 45.4. The fraction of sp³-hybridized carbons (Fsp3) is 0.712. The molecule has 0 aromatic carbocycles. The van der Waals surface area contributed by atoms with Gasteiger partial charge in [-0.25, -0.2) is 13.9 Å². The number of allylic oxidation sites excluding steroid dienone is 8. The lowest BCUT2D eigenvalue weighted by atomic mass is 10.0. The summed E-state index contributed by atoms with van der Waals surface area (Å²) in [6.07, 6.45) is 32.0. The molecule has 2 heterocycles. The van der Waals surface area contributed by atoms with Gasteiger partial charge < -0.3 is 39.9 Å². The van der Waals surface area contributed by atoms with Crippen molar-refractivity contribution in [2.24, 2.45) is 5.92 Å². The van der Waals surface area contributed by atoms with E-state index in [0.717, 1.165) is 55.2 Å². The summed E-state index contributed by atoms with van der Waals surface area (Å²) in [5.74, 6) is -1.00. The van der Waals surface area contributed by atoms with Crippen molar-refractivity contribution in [3.05, 3.63) is 71.4 Å². The average molecular weight is 1070 g/mol. The minimum Gasteiger partial charge on any atom is -0.462 e. The second-order valence-corrected chi connectivity index (χ2v) is 21.9. The summed E-state index contributed by atoms with van der Waals surface area (Å²) in [5.41, 5.74) is 4.57. The number of aliphatic hydroxyl groups excluding tert-OH is 2. The molecule has 0 spiro atoms. The van der Waals surface area contributed by atoms with Crippen molar-refractivity contribution in [1.29, 1.82) is 0 Å². The van der Waals surface area contributed by atoms with Crippen LogP contribution in [0.15, 0.2) is 65.7 Å². The van der Waals surface area contributed by atoms with Gasteiger partial charge in [-0.15, -0.1) is 0 Å². The summed E-state index contributed by atoms with van der Waals surface area (Å²) >= 11 is 0. The number of aliphatic hydroxyl groups is 2. The fourth-order valence-corrected chi connectivity index (χ4v) is 9.80. The molecule has 0 saturated carbocycles. The molecule has 1 aromatic rings. The van der Waals surface area contributed by atoms with Crippen LogP contribution in [0.25, 0.3) is 0 Å². The van der Waals surface area contributed by atoms with Crippen molar-refractivity contribution in [2.45, 2.75) is 212 Å². The molecule has 73 heavy (non-hydrogen) atoms. The zero-order valence-electron chi connectivity index (χ0n) is 43.6. The van der Waals surface area contributed by atoms with Gasteiger partial charge >= 0.3 is 33.3 Å². The number of nitrogens with two attached hydrogens (primary N) is 1. The number of rotatable bonds is 43. The number of carbonyl (C=O) groups excluding carboxylic acids is 3. The molecule has 0 radical (unpaired) electrons. The average Bonchev–Trinajstić information content (AvgIpc) is 3.61. The standard InChI is InChI=1S/C52H87N3O16P2/c1-4-5-6-7-8-9-10-13-17-20-23-26-29-33-43(56)34-31-36-48(58)69-44(39-66-47(57)35-30-27-24-21-18-15-12-11-14-16-19-22-25-28-32-42(2)3)40-67-72(62,63)71-73(64,65)68-41-45-49(59)50(60)51(70-45)55-38-37-46(53)54-52(55)61/h8-9,13,17,23,26,29,33,37-38,42,44-45,49-51,59-60H,4-7,10-12,14-16,18-22,24-25,27-28,30-32,34-36,39-41H2,1-3H3,(H,62,63)(H,64,65)(H2,53,54,61)/b9-8-,17-13-,26-23-,33-29+/t44-,45-,49-,50-,51-/m1/s1. The highest BCUT2D eigenvalue weighted by Gasteiger charge is 2.46. The molecule has 416 valence electrons. The molecule has 0 bridgehead atoms. The van der Waals surface area contributed by atoms with Crippen LogP contribution in [0.4, 0.5) is 5.82 Å². The summed E-state index contributed by atoms with van der Waals surface area (Å²) in [6.45, 7) is 4.22. The number of ketones is 1. The molecule has 6 N–H and O–H groups in total. The smallest absolute Gasteiger partial charge is 0.462 e. The molecule has 1 saturated heterocycles. The van der Waals surface area contributed by atoms with Gasteiger partial charge in [-0.2, -0.15) is 9.29 Å². The van der Waals surface area contributed by atoms with E-state index in [9.17, 15) is 48.3 Å². The third-order valence-corrected chi connectivity index (χ3v) is 14.4. The van der Waals surface area contributed by atoms with E-state index in [-0.39, 0.29) is 37.3 Å². The lowest BCUT2D eigenvalue weighted by Crippen LogP contribution is -2.36. The number of phosphoric acid groups is 2. The van der Waals surface area contributed by atoms with Crippen LogP contribution in [-0.2, 0) is 51.1 Å². The van der Waals surface area contributed by atoms with Crippen molar-refractivity contribution in [2.75, 3.05) is 25.6 Å². The number of carbonyl (C=O) groups is 3. The Labute approximate surface area is 433 Å². The molecular weight excluding hydrogens is 985 g/mol. The number of aromatic nitrogens is 2. The van der Waals surface area contributed by atoms with E-state index in [1.807, 2.05) is 12.2 Å². The van der Waals surface area contributed by atoms with Gasteiger partial charge in [-0.3, -0.25) is 28.0 Å². The lowest BCUT2D eigenvalue weighted by molar-refractivity contribution is -0.161. The highest BCUT2D eigenvalue weighted by atomic mass is 31.3. The molecule has 2 rings (SSSR count). The number of esters is 2. The van der Waals surface area contributed by atoms with Crippen LogP contribution < -0.4 is 11.4 Å². The van der Waals surface area contributed by atoms with Crippen molar-refractivity contribution in [3.8, 4) is 0 Å². The number of ether oxygens (including phenoxy) is 3. The molecule has 0 amide bonds. The van der Waals surface area contributed by atoms with Crippen LogP contribution in [0.1, 0.15) is 188 Å². The fourth-order valence-electron chi connectivity index (χ4n) is 7.69. The number of phosphoric ester groups is 2. The first-order valence-electron chi connectivity index (χ1n) is 26.5. The summed E-state index contributed by atoms with van der Waals surface area (Å²) in [5, 5.41) is 20.9. The quantitative estimate of drug-likeness (QED) is 0.0101. The maximum atomic E-state index is 12.9. The Morgan fingerprint density at radius 3 is 1.96 bits per heavy atom. The number of nitrogens with zero attached hydrogens (tertiary/aromatic N) is 2. The largest absolute Gasteiger partial charge is 0.481 e. The first-order valence-corrected chi connectivity index (χ1v) is 29.5. The first kappa shape index (κ1) is 65.5. The van der Waals surface area contributed by atoms with E-state index in [1.165, 1.54) is 95.6 Å². The first-order chi connectivity index (χ1) is 34.9. The highest BCUT2D eigenvalue weighted by molar-refractivity contribution is 7.61. The Balaban J connectivity index is 1.84. The van der Waals surface area contributed by atoms with E-state index >= 15 is 0 Å². The topological polar surface area (TPSA) is 283 Å². The number of hydrogen-bond donors (Lipinski definition) is 5. The van der Waals surface area contributed by atoms with Gasteiger partial charge in [0.2, 0.25) is 0 Å². The predicted octanol–water partition coefficient (Wildman–Crippen LogP) is 10.4. The monoisotopic (exact) mass is 1070 g/mol. The number of hydrogen-bond acceptors (Lipinski definition) is 16. The second-order valence-electron chi connectivity index (χ2n) is 18.9. The van der Waals surface area contributed by atoms with Gasteiger partial charge in [-0.05, 0) is 56.6 Å². The number of anilines is 1. The molecule has 0 aliphatic carbocycles. The summed E-state index contributed by atoms with van der Waals surface area (Å²) in [6, 6.07) is 1.23. The van der Waals surface area contributed by atoms with Gasteiger partial charge in [0.1, 0.15) is 30.7 Å². The SMILES string of the molecule is CCCCC/C=C\C/C=C\C/C=C\C=C\C(=O)CCCC(=O)O[C@H](COC(=O)CCCCCCCCCCCCCCCCC(C)C)COP(=O)(O)OP(=O)(O)OC[C@H]1O[C@@H](n2ccc(N)nc2=O)[C@H](O)[C@@H]1O. The summed E-state index contributed by atoms with van der Waals surface area (Å²) in [4.78, 5) is 74.3. The van der Waals surface area contributed by atoms with Gasteiger partial charge in [-0.1, -0.05) is 166 Å². The van der Waals surface area contributed by atoms with E-state index < -0.39 is 83.7 Å². The van der Waals surface area contributed by atoms with Crippen LogP contribution in [0.3, 0.4) is 0 Å². The third kappa shape index (κ3) is 32.4. The Bertz CT molecular complexity index is 1990. The molecule has 7 atom stereocenters.